The molecule has 4 aromatic rings. The van der Waals surface area contributed by atoms with Gasteiger partial charge in [0.15, 0.2) is 0 Å². The van der Waals surface area contributed by atoms with E-state index in [1.54, 1.807) is 54.6 Å². The van der Waals surface area contributed by atoms with Gasteiger partial charge >= 0.3 is 0 Å². The standard InChI is InChI=1S/C23H21N3O3S/c27-23-20-13-7-8-14-21(20)24-22(25-23)17-26(16-15-18-9-3-1-4-10-18)30(28,29)19-11-5-2-6-12-19/h1-14H,15-17H2,(H,24,25,27). The number of hydrogen-bond donors (Lipinski definition) is 1. The highest BCUT2D eigenvalue weighted by Crippen LogP contribution is 2.18. The molecule has 1 aromatic heterocycles. The number of aromatic amines is 1. The Morgan fingerprint density at radius 1 is 0.833 bits per heavy atom. The molecule has 30 heavy (non-hydrogen) atoms. The molecule has 0 amide bonds. The molecule has 0 aliphatic carbocycles. The van der Waals surface area contributed by atoms with Crippen LogP contribution in [0.1, 0.15) is 11.4 Å². The van der Waals surface area contributed by atoms with Crippen molar-refractivity contribution in [2.75, 3.05) is 6.54 Å². The Hall–Kier alpha value is -3.29. The van der Waals surface area contributed by atoms with Gasteiger partial charge in [0.1, 0.15) is 5.82 Å². The first-order valence-corrected chi connectivity index (χ1v) is 11.0. The van der Waals surface area contributed by atoms with Crippen LogP contribution in [0.2, 0.25) is 0 Å². The molecule has 152 valence electrons. The van der Waals surface area contributed by atoms with E-state index in [4.69, 9.17) is 0 Å². The number of para-hydroxylation sites is 1. The first kappa shape index (κ1) is 20.0. The average Bonchev–Trinajstić information content (AvgIpc) is 2.78. The number of rotatable bonds is 7. The van der Waals surface area contributed by atoms with Gasteiger partial charge in [0.05, 0.1) is 22.3 Å². The first-order chi connectivity index (χ1) is 14.5. The minimum Gasteiger partial charge on any atom is -0.309 e. The third kappa shape index (κ3) is 4.32. The van der Waals surface area contributed by atoms with E-state index in [2.05, 4.69) is 9.97 Å². The number of nitrogens with zero attached hydrogens (tertiary/aromatic N) is 2. The Morgan fingerprint density at radius 3 is 2.20 bits per heavy atom. The van der Waals surface area contributed by atoms with Gasteiger partial charge in [-0.2, -0.15) is 4.31 Å². The van der Waals surface area contributed by atoms with Crippen LogP contribution in [0, 0.1) is 0 Å². The molecule has 6 nitrogen and oxygen atoms in total. The molecule has 0 fully saturated rings. The first-order valence-electron chi connectivity index (χ1n) is 9.61. The number of H-pyrrole nitrogens is 1. The fourth-order valence-electron chi connectivity index (χ4n) is 3.30. The highest BCUT2D eigenvalue weighted by Gasteiger charge is 2.25. The molecule has 4 rings (SSSR count). The number of hydrogen-bond acceptors (Lipinski definition) is 4. The summed E-state index contributed by atoms with van der Waals surface area (Å²) in [6, 6.07) is 25.0. The fraction of sp³-hybridized carbons (Fsp3) is 0.130. The highest BCUT2D eigenvalue weighted by molar-refractivity contribution is 7.89. The molecule has 1 heterocycles. The van der Waals surface area contributed by atoms with Crippen molar-refractivity contribution in [1.29, 1.82) is 0 Å². The smallest absolute Gasteiger partial charge is 0.258 e. The summed E-state index contributed by atoms with van der Waals surface area (Å²) in [6.45, 7) is 0.238. The van der Waals surface area contributed by atoms with Crippen LogP contribution in [0.25, 0.3) is 10.9 Å². The van der Waals surface area contributed by atoms with Gasteiger partial charge in [0, 0.05) is 6.54 Å². The topological polar surface area (TPSA) is 83.1 Å². The molecular formula is C23H21N3O3S. The summed E-state index contributed by atoms with van der Waals surface area (Å²) in [6.07, 6.45) is 0.546. The van der Waals surface area contributed by atoms with E-state index in [0.29, 0.717) is 23.1 Å². The number of aromatic nitrogens is 2. The number of fused-ring (bicyclic) bond motifs is 1. The van der Waals surface area contributed by atoms with Gasteiger partial charge in [0.2, 0.25) is 10.0 Å². The zero-order valence-electron chi connectivity index (χ0n) is 16.2. The lowest BCUT2D eigenvalue weighted by molar-refractivity contribution is 0.400. The van der Waals surface area contributed by atoms with Crippen LogP contribution in [0.5, 0.6) is 0 Å². The molecule has 0 saturated carbocycles. The van der Waals surface area contributed by atoms with Gasteiger partial charge in [-0.25, -0.2) is 13.4 Å². The molecule has 7 heteroatoms. The summed E-state index contributed by atoms with van der Waals surface area (Å²) in [5.41, 5.74) is 1.29. The van der Waals surface area contributed by atoms with Crippen molar-refractivity contribution in [1.82, 2.24) is 14.3 Å². The molecule has 0 aliphatic heterocycles. The third-order valence-electron chi connectivity index (χ3n) is 4.86. The molecule has 0 bridgehead atoms. The largest absolute Gasteiger partial charge is 0.309 e. The molecule has 0 aliphatic rings. The van der Waals surface area contributed by atoms with Crippen molar-refractivity contribution in [2.45, 2.75) is 17.9 Å². The zero-order chi connectivity index (χ0) is 21.0. The van der Waals surface area contributed by atoms with Crippen molar-refractivity contribution in [3.63, 3.8) is 0 Å². The lowest BCUT2D eigenvalue weighted by atomic mass is 10.1. The van der Waals surface area contributed by atoms with Crippen LogP contribution in [0.15, 0.2) is 94.6 Å². The molecule has 3 aromatic carbocycles. The lowest BCUT2D eigenvalue weighted by Crippen LogP contribution is -2.34. The van der Waals surface area contributed by atoms with E-state index in [9.17, 15) is 13.2 Å². The van der Waals surface area contributed by atoms with Crippen molar-refractivity contribution >= 4 is 20.9 Å². The molecule has 0 spiro atoms. The zero-order valence-corrected chi connectivity index (χ0v) is 17.0. The molecule has 1 N–H and O–H groups in total. The Kier molecular flexibility index (Phi) is 5.74. The Balaban J connectivity index is 1.69. The third-order valence-corrected chi connectivity index (χ3v) is 6.72. The van der Waals surface area contributed by atoms with Crippen molar-refractivity contribution in [3.05, 3.63) is 107 Å². The van der Waals surface area contributed by atoms with Crippen LogP contribution in [-0.4, -0.2) is 29.2 Å². The van der Waals surface area contributed by atoms with Gasteiger partial charge in [0.25, 0.3) is 5.56 Å². The Bertz CT molecular complexity index is 1300. The van der Waals surface area contributed by atoms with E-state index in [1.807, 2.05) is 30.3 Å². The molecule has 0 unspecified atom stereocenters. The van der Waals surface area contributed by atoms with Crippen LogP contribution in [0.3, 0.4) is 0 Å². The number of sulfonamides is 1. The highest BCUT2D eigenvalue weighted by atomic mass is 32.2. The fourth-order valence-corrected chi connectivity index (χ4v) is 4.72. The molecule has 0 atom stereocenters. The monoisotopic (exact) mass is 419 g/mol. The molecule has 0 saturated heterocycles. The lowest BCUT2D eigenvalue weighted by Gasteiger charge is -2.22. The van der Waals surface area contributed by atoms with E-state index in [1.165, 1.54) is 4.31 Å². The van der Waals surface area contributed by atoms with E-state index in [-0.39, 0.29) is 23.5 Å². The number of nitrogens with one attached hydrogen (secondary N) is 1. The van der Waals surface area contributed by atoms with Gasteiger partial charge < -0.3 is 4.98 Å². The summed E-state index contributed by atoms with van der Waals surface area (Å²) in [7, 11) is -3.76. The quantitative estimate of drug-likeness (QED) is 0.498. The predicted molar refractivity (Wildman–Crippen MR) is 117 cm³/mol. The van der Waals surface area contributed by atoms with E-state index >= 15 is 0 Å². The second kappa shape index (κ2) is 8.61. The second-order valence-electron chi connectivity index (χ2n) is 6.92. The van der Waals surface area contributed by atoms with E-state index in [0.717, 1.165) is 5.56 Å². The Labute approximate surface area is 174 Å². The molecule has 0 radical (unpaired) electrons. The van der Waals surface area contributed by atoms with E-state index < -0.39 is 10.0 Å². The van der Waals surface area contributed by atoms with Crippen LogP contribution < -0.4 is 5.56 Å². The maximum Gasteiger partial charge on any atom is 0.258 e. The van der Waals surface area contributed by atoms with Gasteiger partial charge in [-0.1, -0.05) is 60.7 Å². The van der Waals surface area contributed by atoms with Gasteiger partial charge in [-0.3, -0.25) is 4.79 Å². The van der Waals surface area contributed by atoms with Crippen molar-refractivity contribution < 1.29 is 8.42 Å². The normalized spacial score (nSPS) is 11.8. The summed E-state index contributed by atoms with van der Waals surface area (Å²) < 4.78 is 28.0. The summed E-state index contributed by atoms with van der Waals surface area (Å²) in [5, 5.41) is 0.475. The summed E-state index contributed by atoms with van der Waals surface area (Å²) >= 11 is 0. The minimum absolute atomic E-state index is 0.0237. The van der Waals surface area contributed by atoms with Crippen molar-refractivity contribution in [3.8, 4) is 0 Å². The Morgan fingerprint density at radius 2 is 1.47 bits per heavy atom. The van der Waals surface area contributed by atoms with Gasteiger partial charge in [-0.15, -0.1) is 0 Å². The van der Waals surface area contributed by atoms with Crippen LogP contribution in [-0.2, 0) is 23.0 Å². The summed E-state index contributed by atoms with van der Waals surface area (Å²) in [5.74, 6) is 0.311. The van der Waals surface area contributed by atoms with Crippen LogP contribution >= 0.6 is 0 Å². The van der Waals surface area contributed by atoms with Crippen molar-refractivity contribution in [2.24, 2.45) is 0 Å². The average molecular weight is 420 g/mol. The second-order valence-corrected chi connectivity index (χ2v) is 8.85. The summed E-state index contributed by atoms with van der Waals surface area (Å²) in [4.78, 5) is 19.8. The van der Waals surface area contributed by atoms with Crippen LogP contribution in [0.4, 0.5) is 0 Å². The van der Waals surface area contributed by atoms with Gasteiger partial charge in [-0.05, 0) is 36.2 Å². The minimum atomic E-state index is -3.76. The molecular weight excluding hydrogens is 398 g/mol. The SMILES string of the molecule is O=c1[nH]c(CN(CCc2ccccc2)S(=O)(=O)c2ccccc2)nc2ccccc12. The maximum absolute atomic E-state index is 13.3. The number of benzene rings is 3. The maximum atomic E-state index is 13.3. The predicted octanol–water partition coefficient (Wildman–Crippen LogP) is 3.36.